The van der Waals surface area contributed by atoms with E-state index in [9.17, 15) is 9.59 Å². The molecule has 1 N–H and O–H groups in total. The van der Waals surface area contributed by atoms with Crippen molar-refractivity contribution in [3.63, 3.8) is 0 Å². The number of likely N-dealkylation sites (N-methyl/N-ethyl adjacent to an activating group) is 1. The van der Waals surface area contributed by atoms with E-state index >= 15 is 0 Å². The molecule has 0 fully saturated rings. The summed E-state index contributed by atoms with van der Waals surface area (Å²) in [7, 11) is 1.50. The zero-order valence-corrected chi connectivity index (χ0v) is 17.1. The molecule has 0 bridgehead atoms. The van der Waals surface area contributed by atoms with Crippen molar-refractivity contribution in [2.45, 2.75) is 40.7 Å². The van der Waals surface area contributed by atoms with Crippen molar-refractivity contribution in [3.8, 4) is 11.5 Å². The largest absolute Gasteiger partial charge is 0.493 e. The maximum atomic E-state index is 12.8. The van der Waals surface area contributed by atoms with E-state index in [2.05, 4.69) is 5.32 Å². The van der Waals surface area contributed by atoms with Gasteiger partial charge in [0.1, 0.15) is 0 Å². The van der Waals surface area contributed by atoms with E-state index in [-0.39, 0.29) is 24.4 Å². The monoisotopic (exact) mass is 384 g/mol. The summed E-state index contributed by atoms with van der Waals surface area (Å²) in [6.45, 7) is 10.5. The van der Waals surface area contributed by atoms with Crippen LogP contribution in [0, 0.1) is 5.92 Å². The summed E-state index contributed by atoms with van der Waals surface area (Å²) in [5, 5.41) is 3.08. The molecule has 7 heteroatoms. The van der Waals surface area contributed by atoms with Gasteiger partial charge >= 0.3 is 0 Å². The number of hydrogen-bond acceptors (Lipinski definition) is 4. The van der Waals surface area contributed by atoms with Crippen molar-refractivity contribution < 1.29 is 19.1 Å². The van der Waals surface area contributed by atoms with Gasteiger partial charge in [0, 0.05) is 18.2 Å². The molecule has 0 unspecified atom stereocenters. The molecule has 0 spiro atoms. The van der Waals surface area contributed by atoms with Crippen LogP contribution in [0.15, 0.2) is 12.1 Å². The third kappa shape index (κ3) is 6.41. The number of ether oxygens (including phenoxy) is 2. The summed E-state index contributed by atoms with van der Waals surface area (Å²) in [5.74, 6) is 0.642. The standard InChI is InChI=1S/C19H29ClN2O4/c1-7-22(10-17(23)21-13(4)5)19(24)14-8-15(20)18(16(9-14)25-6)26-11-12(2)3/h8-9,12-13H,7,10-11H2,1-6H3,(H,21,23). The smallest absolute Gasteiger partial charge is 0.254 e. The highest BCUT2D eigenvalue weighted by Gasteiger charge is 2.21. The minimum absolute atomic E-state index is 0.0148. The van der Waals surface area contributed by atoms with Gasteiger partial charge in [-0.1, -0.05) is 25.4 Å². The third-order valence-electron chi connectivity index (χ3n) is 3.49. The summed E-state index contributed by atoms with van der Waals surface area (Å²) in [6, 6.07) is 3.15. The minimum atomic E-state index is -0.290. The van der Waals surface area contributed by atoms with Crippen molar-refractivity contribution in [3.05, 3.63) is 22.7 Å². The number of hydrogen-bond donors (Lipinski definition) is 1. The molecule has 1 aromatic rings. The van der Waals surface area contributed by atoms with E-state index in [0.29, 0.717) is 41.2 Å². The molecular weight excluding hydrogens is 356 g/mol. The lowest BCUT2D eigenvalue weighted by molar-refractivity contribution is -0.122. The number of halogens is 1. The van der Waals surface area contributed by atoms with Gasteiger partial charge in [0.25, 0.3) is 5.91 Å². The number of amides is 2. The van der Waals surface area contributed by atoms with E-state index < -0.39 is 0 Å². The Balaban J connectivity index is 3.03. The van der Waals surface area contributed by atoms with Crippen LogP contribution in [-0.4, -0.2) is 49.6 Å². The molecular formula is C19H29ClN2O4. The van der Waals surface area contributed by atoms with Crippen LogP contribution in [-0.2, 0) is 4.79 Å². The molecule has 0 saturated heterocycles. The molecule has 0 atom stereocenters. The summed E-state index contributed by atoms with van der Waals surface area (Å²) in [6.07, 6.45) is 0. The Morgan fingerprint density at radius 2 is 1.88 bits per heavy atom. The van der Waals surface area contributed by atoms with Crippen LogP contribution in [0.2, 0.25) is 5.02 Å². The zero-order valence-electron chi connectivity index (χ0n) is 16.4. The Morgan fingerprint density at radius 1 is 1.23 bits per heavy atom. The van der Waals surface area contributed by atoms with Crippen molar-refractivity contribution in [2.24, 2.45) is 5.92 Å². The fourth-order valence-electron chi connectivity index (χ4n) is 2.28. The molecule has 0 heterocycles. The minimum Gasteiger partial charge on any atom is -0.493 e. The number of rotatable bonds is 9. The van der Waals surface area contributed by atoms with Crippen LogP contribution < -0.4 is 14.8 Å². The zero-order chi connectivity index (χ0) is 19.9. The Morgan fingerprint density at radius 3 is 2.38 bits per heavy atom. The molecule has 0 aliphatic carbocycles. The van der Waals surface area contributed by atoms with Gasteiger partial charge in [0.15, 0.2) is 11.5 Å². The second-order valence-electron chi connectivity index (χ2n) is 6.74. The van der Waals surface area contributed by atoms with E-state index in [4.69, 9.17) is 21.1 Å². The van der Waals surface area contributed by atoms with Gasteiger partial charge in [-0.3, -0.25) is 9.59 Å². The van der Waals surface area contributed by atoms with Gasteiger partial charge in [-0.15, -0.1) is 0 Å². The molecule has 0 aliphatic rings. The summed E-state index contributed by atoms with van der Waals surface area (Å²) in [5.41, 5.74) is 0.350. The van der Waals surface area contributed by atoms with Crippen molar-refractivity contribution in [1.29, 1.82) is 0 Å². The molecule has 6 nitrogen and oxygen atoms in total. The van der Waals surface area contributed by atoms with Crippen LogP contribution in [0.5, 0.6) is 11.5 Å². The molecule has 0 saturated carbocycles. The van der Waals surface area contributed by atoms with Gasteiger partial charge in [-0.05, 0) is 38.8 Å². The summed E-state index contributed by atoms with van der Waals surface area (Å²) >= 11 is 6.31. The Labute approximate surface area is 160 Å². The second kappa shape index (κ2) is 10.3. The van der Waals surface area contributed by atoms with Gasteiger partial charge in [0.2, 0.25) is 5.91 Å². The predicted molar refractivity (Wildman–Crippen MR) is 103 cm³/mol. The lowest BCUT2D eigenvalue weighted by Gasteiger charge is -2.22. The van der Waals surface area contributed by atoms with Gasteiger partial charge < -0.3 is 19.7 Å². The molecule has 146 valence electrons. The maximum absolute atomic E-state index is 12.8. The summed E-state index contributed by atoms with van der Waals surface area (Å²) < 4.78 is 11.0. The first-order valence-corrected chi connectivity index (χ1v) is 9.16. The SMILES string of the molecule is CCN(CC(=O)NC(C)C)C(=O)c1cc(Cl)c(OCC(C)C)c(OC)c1. The van der Waals surface area contributed by atoms with Crippen molar-refractivity contribution in [1.82, 2.24) is 10.2 Å². The molecule has 0 radical (unpaired) electrons. The molecule has 1 rings (SSSR count). The van der Waals surface area contributed by atoms with E-state index in [1.165, 1.54) is 12.0 Å². The first-order valence-electron chi connectivity index (χ1n) is 8.78. The number of nitrogens with one attached hydrogen (secondary N) is 1. The maximum Gasteiger partial charge on any atom is 0.254 e. The number of benzene rings is 1. The van der Waals surface area contributed by atoms with Gasteiger partial charge in [-0.2, -0.15) is 0 Å². The van der Waals surface area contributed by atoms with E-state index in [1.54, 1.807) is 12.1 Å². The van der Waals surface area contributed by atoms with Crippen LogP contribution in [0.1, 0.15) is 45.0 Å². The predicted octanol–water partition coefficient (Wildman–Crippen LogP) is 3.37. The first kappa shape index (κ1) is 22.1. The highest BCUT2D eigenvalue weighted by atomic mass is 35.5. The van der Waals surface area contributed by atoms with Crippen LogP contribution in [0.3, 0.4) is 0 Å². The molecule has 0 aromatic heterocycles. The highest BCUT2D eigenvalue weighted by Crippen LogP contribution is 2.37. The van der Waals surface area contributed by atoms with Crippen molar-refractivity contribution in [2.75, 3.05) is 26.8 Å². The number of nitrogens with zero attached hydrogens (tertiary/aromatic N) is 1. The third-order valence-corrected chi connectivity index (χ3v) is 3.77. The average molecular weight is 385 g/mol. The van der Waals surface area contributed by atoms with Crippen LogP contribution in [0.4, 0.5) is 0 Å². The quantitative estimate of drug-likeness (QED) is 0.708. The van der Waals surface area contributed by atoms with Crippen LogP contribution in [0.25, 0.3) is 0 Å². The van der Waals surface area contributed by atoms with Crippen molar-refractivity contribution >= 4 is 23.4 Å². The lowest BCUT2D eigenvalue weighted by Crippen LogP contribution is -2.42. The highest BCUT2D eigenvalue weighted by molar-refractivity contribution is 6.32. The second-order valence-corrected chi connectivity index (χ2v) is 7.14. The Bertz CT molecular complexity index is 632. The first-order chi connectivity index (χ1) is 12.2. The number of carbonyl (C=O) groups excluding carboxylic acids is 2. The van der Waals surface area contributed by atoms with E-state index in [1.807, 2.05) is 34.6 Å². The van der Waals surface area contributed by atoms with E-state index in [0.717, 1.165) is 0 Å². The van der Waals surface area contributed by atoms with Crippen LogP contribution >= 0.6 is 11.6 Å². The van der Waals surface area contributed by atoms with Gasteiger partial charge in [0.05, 0.1) is 25.3 Å². The lowest BCUT2D eigenvalue weighted by atomic mass is 10.1. The normalized spacial score (nSPS) is 10.8. The molecule has 2 amide bonds. The molecule has 26 heavy (non-hydrogen) atoms. The topological polar surface area (TPSA) is 67.9 Å². The number of carbonyl (C=O) groups is 2. The summed E-state index contributed by atoms with van der Waals surface area (Å²) in [4.78, 5) is 26.2. The molecule has 0 aliphatic heterocycles. The fourth-order valence-corrected chi connectivity index (χ4v) is 2.55. The average Bonchev–Trinajstić information content (AvgIpc) is 2.56. The fraction of sp³-hybridized carbons (Fsp3) is 0.579. The van der Waals surface area contributed by atoms with Gasteiger partial charge in [-0.25, -0.2) is 0 Å². The molecule has 1 aromatic carbocycles. The Hall–Kier alpha value is -1.95. The number of methoxy groups -OCH3 is 1. The Kier molecular flexibility index (Phi) is 8.72.